The van der Waals surface area contributed by atoms with Gasteiger partial charge in [0.2, 0.25) is 0 Å². The molecule has 0 bridgehead atoms. The Morgan fingerprint density at radius 2 is 1.93 bits per heavy atom. The van der Waals surface area contributed by atoms with Crippen LogP contribution in [0.2, 0.25) is 0 Å². The van der Waals surface area contributed by atoms with E-state index in [2.05, 4.69) is 41.5 Å². The standard InChI is InChI=1S/C21H29N5OS/c1-21(2,3)17-9-11-18(12-10-17)23-24-19(27)16-7-5-15(6-8-16)13-28-20-25-22-14-26(20)4/h5-8,14,17H,9-13H2,1-4H3,(H,24,27). The zero-order valence-electron chi connectivity index (χ0n) is 17.1. The lowest BCUT2D eigenvalue weighted by Crippen LogP contribution is -2.27. The molecular weight excluding hydrogens is 370 g/mol. The zero-order chi connectivity index (χ0) is 20.1. The maximum absolute atomic E-state index is 12.4. The van der Waals surface area contributed by atoms with Gasteiger partial charge in [-0.05, 0) is 54.7 Å². The van der Waals surface area contributed by atoms with E-state index in [1.165, 1.54) is 0 Å². The number of carbonyl (C=O) groups excluding carboxylic acids is 1. The summed E-state index contributed by atoms with van der Waals surface area (Å²) in [6, 6.07) is 7.64. The summed E-state index contributed by atoms with van der Waals surface area (Å²) in [6.45, 7) is 6.91. The van der Waals surface area contributed by atoms with E-state index in [9.17, 15) is 4.79 Å². The SMILES string of the molecule is Cn1cnnc1SCc1ccc(C(=O)NN=C2CCC(C(C)(C)C)CC2)cc1. The number of hydrazone groups is 1. The van der Waals surface area contributed by atoms with Crippen LogP contribution in [0.25, 0.3) is 0 Å². The Kier molecular flexibility index (Phi) is 6.54. The lowest BCUT2D eigenvalue weighted by Gasteiger charge is -2.34. The fourth-order valence-corrected chi connectivity index (χ4v) is 4.27. The van der Waals surface area contributed by atoms with Gasteiger partial charge in [0, 0.05) is 24.1 Å². The summed E-state index contributed by atoms with van der Waals surface area (Å²) in [5.41, 5.74) is 5.94. The molecule has 1 N–H and O–H groups in total. The summed E-state index contributed by atoms with van der Waals surface area (Å²) in [5.74, 6) is 1.36. The second-order valence-corrected chi connectivity index (χ2v) is 9.41. The number of hydrogen-bond acceptors (Lipinski definition) is 5. The average molecular weight is 400 g/mol. The van der Waals surface area contributed by atoms with Gasteiger partial charge >= 0.3 is 0 Å². The number of nitrogens with zero attached hydrogens (tertiary/aromatic N) is 4. The molecule has 1 aliphatic rings. The number of thioether (sulfide) groups is 1. The van der Waals surface area contributed by atoms with E-state index in [0.29, 0.717) is 11.0 Å². The van der Waals surface area contributed by atoms with Crippen molar-refractivity contribution in [2.75, 3.05) is 0 Å². The van der Waals surface area contributed by atoms with Gasteiger partial charge in [0.1, 0.15) is 6.33 Å². The van der Waals surface area contributed by atoms with Crippen LogP contribution >= 0.6 is 11.8 Å². The Labute approximate surface area is 171 Å². The van der Waals surface area contributed by atoms with Crippen LogP contribution in [0.1, 0.15) is 62.4 Å². The van der Waals surface area contributed by atoms with E-state index in [1.807, 2.05) is 35.9 Å². The highest BCUT2D eigenvalue weighted by Gasteiger charge is 2.28. The monoisotopic (exact) mass is 399 g/mol. The Hall–Kier alpha value is -2.15. The van der Waals surface area contributed by atoms with E-state index >= 15 is 0 Å². The second-order valence-electron chi connectivity index (χ2n) is 8.47. The molecule has 0 spiro atoms. The molecule has 0 atom stereocenters. The van der Waals surface area contributed by atoms with Crippen molar-refractivity contribution >= 4 is 23.4 Å². The second kappa shape index (κ2) is 8.90. The first kappa shape index (κ1) is 20.6. The normalized spacial score (nSPS) is 17.4. The minimum absolute atomic E-state index is 0.155. The van der Waals surface area contributed by atoms with Crippen molar-refractivity contribution in [3.05, 3.63) is 41.7 Å². The number of benzene rings is 1. The van der Waals surface area contributed by atoms with Crippen LogP contribution in [-0.4, -0.2) is 26.4 Å². The van der Waals surface area contributed by atoms with Gasteiger partial charge in [-0.25, -0.2) is 5.43 Å². The Morgan fingerprint density at radius 1 is 1.25 bits per heavy atom. The molecule has 0 saturated heterocycles. The highest BCUT2D eigenvalue weighted by Crippen LogP contribution is 2.36. The molecule has 150 valence electrons. The van der Waals surface area contributed by atoms with Crippen molar-refractivity contribution in [2.45, 2.75) is 57.4 Å². The largest absolute Gasteiger partial charge is 0.312 e. The third-order valence-electron chi connectivity index (χ3n) is 5.36. The van der Waals surface area contributed by atoms with Gasteiger partial charge in [-0.15, -0.1) is 10.2 Å². The van der Waals surface area contributed by atoms with Gasteiger partial charge in [0.05, 0.1) is 0 Å². The number of rotatable bonds is 5. The number of amides is 1. The molecule has 6 nitrogen and oxygen atoms in total. The summed E-state index contributed by atoms with van der Waals surface area (Å²) in [6.07, 6.45) is 5.93. The predicted octanol–water partition coefficient (Wildman–Crippen LogP) is 4.43. The van der Waals surface area contributed by atoms with Crippen molar-refractivity contribution in [2.24, 2.45) is 23.5 Å². The first-order valence-electron chi connectivity index (χ1n) is 9.74. The predicted molar refractivity (Wildman–Crippen MR) is 113 cm³/mol. The van der Waals surface area contributed by atoms with Gasteiger partial charge in [-0.2, -0.15) is 5.10 Å². The molecule has 0 radical (unpaired) electrons. The lowest BCUT2D eigenvalue weighted by atomic mass is 9.72. The highest BCUT2D eigenvalue weighted by molar-refractivity contribution is 7.98. The first-order valence-corrected chi connectivity index (χ1v) is 10.7. The van der Waals surface area contributed by atoms with Crippen LogP contribution in [0, 0.1) is 11.3 Å². The van der Waals surface area contributed by atoms with Crippen LogP contribution in [0.3, 0.4) is 0 Å². The van der Waals surface area contributed by atoms with E-state index in [4.69, 9.17) is 0 Å². The molecule has 0 aliphatic heterocycles. The Bertz CT molecular complexity index is 825. The van der Waals surface area contributed by atoms with Crippen LogP contribution in [0.5, 0.6) is 0 Å². The maximum atomic E-state index is 12.4. The Morgan fingerprint density at radius 3 is 2.50 bits per heavy atom. The smallest absolute Gasteiger partial charge is 0.271 e. The van der Waals surface area contributed by atoms with Crippen molar-refractivity contribution in [3.63, 3.8) is 0 Å². The van der Waals surface area contributed by atoms with E-state index in [1.54, 1.807) is 18.1 Å². The number of nitrogens with one attached hydrogen (secondary N) is 1. The maximum Gasteiger partial charge on any atom is 0.271 e. The summed E-state index contributed by atoms with van der Waals surface area (Å²) >= 11 is 1.62. The van der Waals surface area contributed by atoms with E-state index in [0.717, 1.165) is 53.8 Å². The van der Waals surface area contributed by atoms with Crippen LogP contribution in [-0.2, 0) is 12.8 Å². The molecular formula is C21H29N5OS. The Balaban J connectivity index is 1.49. The van der Waals surface area contributed by atoms with Gasteiger partial charge in [0.25, 0.3) is 5.91 Å². The minimum atomic E-state index is -0.155. The van der Waals surface area contributed by atoms with E-state index < -0.39 is 0 Å². The van der Waals surface area contributed by atoms with Crippen LogP contribution in [0.15, 0.2) is 40.9 Å². The molecule has 3 rings (SSSR count). The first-order chi connectivity index (χ1) is 13.3. The topological polar surface area (TPSA) is 72.2 Å². The third kappa shape index (κ3) is 5.44. The van der Waals surface area contributed by atoms with Crippen LogP contribution in [0.4, 0.5) is 0 Å². The van der Waals surface area contributed by atoms with Crippen molar-refractivity contribution in [1.29, 1.82) is 0 Å². The number of aryl methyl sites for hydroxylation is 1. The van der Waals surface area contributed by atoms with Gasteiger partial charge in [-0.3, -0.25) is 4.79 Å². The molecule has 1 fully saturated rings. The number of carbonyl (C=O) groups is 1. The molecule has 2 aromatic rings. The number of hydrogen-bond donors (Lipinski definition) is 1. The van der Waals surface area contributed by atoms with Crippen molar-refractivity contribution in [1.82, 2.24) is 20.2 Å². The van der Waals surface area contributed by atoms with Gasteiger partial charge in [-0.1, -0.05) is 44.7 Å². The summed E-state index contributed by atoms with van der Waals surface area (Å²) in [5, 5.41) is 13.2. The molecule has 1 saturated carbocycles. The lowest BCUT2D eigenvalue weighted by molar-refractivity contribution is 0.0954. The minimum Gasteiger partial charge on any atom is -0.312 e. The quantitative estimate of drug-likeness (QED) is 0.596. The summed E-state index contributed by atoms with van der Waals surface area (Å²) < 4.78 is 1.89. The molecule has 28 heavy (non-hydrogen) atoms. The van der Waals surface area contributed by atoms with Crippen molar-refractivity contribution in [3.8, 4) is 0 Å². The average Bonchev–Trinajstić information content (AvgIpc) is 3.09. The van der Waals surface area contributed by atoms with Gasteiger partial charge in [0.15, 0.2) is 5.16 Å². The summed E-state index contributed by atoms with van der Waals surface area (Å²) in [7, 11) is 1.92. The fraction of sp³-hybridized carbons (Fsp3) is 0.524. The molecule has 0 unspecified atom stereocenters. The third-order valence-corrected chi connectivity index (χ3v) is 6.46. The summed E-state index contributed by atoms with van der Waals surface area (Å²) in [4.78, 5) is 12.4. The van der Waals surface area contributed by atoms with Gasteiger partial charge < -0.3 is 4.57 Å². The molecule has 1 aromatic carbocycles. The van der Waals surface area contributed by atoms with Crippen LogP contribution < -0.4 is 5.43 Å². The fourth-order valence-electron chi connectivity index (χ4n) is 3.43. The number of aromatic nitrogens is 3. The zero-order valence-corrected chi connectivity index (χ0v) is 17.9. The molecule has 7 heteroatoms. The highest BCUT2D eigenvalue weighted by atomic mass is 32.2. The molecule has 1 heterocycles. The van der Waals surface area contributed by atoms with E-state index in [-0.39, 0.29) is 5.91 Å². The molecule has 1 aromatic heterocycles. The molecule has 1 aliphatic carbocycles. The van der Waals surface area contributed by atoms with Crippen molar-refractivity contribution < 1.29 is 4.79 Å². The molecule has 1 amide bonds.